The van der Waals surface area contributed by atoms with E-state index in [0.29, 0.717) is 0 Å². The van der Waals surface area contributed by atoms with Gasteiger partial charge in [-0.15, -0.1) is 0 Å². The number of carbonyl (C=O) groups is 2. The lowest BCUT2D eigenvalue weighted by atomic mass is 10.1. The molecule has 2 amide bonds. The topological polar surface area (TPSA) is 113 Å². The van der Waals surface area contributed by atoms with E-state index < -0.39 is 28.2 Å². The number of likely N-dealkylation sites (N-methyl/N-ethyl adjacent to an activating group) is 2. The minimum Gasteiger partial charge on any atom is -0.500 e. The molecule has 0 bridgehead atoms. The molecule has 2 rings (SSSR count). The highest BCUT2D eigenvalue weighted by Gasteiger charge is 2.35. The van der Waals surface area contributed by atoms with Crippen LogP contribution in [-0.2, 0) is 9.59 Å². The zero-order valence-electron chi connectivity index (χ0n) is 13.0. The Labute approximate surface area is 141 Å². The Morgan fingerprint density at radius 1 is 1.25 bits per heavy atom. The van der Waals surface area contributed by atoms with Crippen molar-refractivity contribution in [3.05, 3.63) is 33.4 Å². The number of nitrogens with zero attached hydrogens (tertiary/aromatic N) is 3. The van der Waals surface area contributed by atoms with Crippen molar-refractivity contribution < 1.29 is 24.4 Å². The molecule has 1 aromatic rings. The molecule has 1 aliphatic rings. The highest BCUT2D eigenvalue weighted by atomic mass is 32.1. The third-order valence-corrected chi connectivity index (χ3v) is 4.00. The molecule has 1 saturated heterocycles. The van der Waals surface area contributed by atoms with Crippen LogP contribution in [0.4, 0.5) is 5.69 Å². The van der Waals surface area contributed by atoms with E-state index in [9.17, 15) is 24.8 Å². The summed E-state index contributed by atoms with van der Waals surface area (Å²) in [6, 6.07) is 2.32. The van der Waals surface area contributed by atoms with Gasteiger partial charge in [0.05, 0.1) is 12.0 Å². The summed E-state index contributed by atoms with van der Waals surface area (Å²) >= 11 is 4.98. The number of hydrogen-bond acceptors (Lipinski definition) is 7. The van der Waals surface area contributed by atoms with Gasteiger partial charge in [0.25, 0.3) is 11.8 Å². The van der Waals surface area contributed by atoms with Gasteiger partial charge in [0.2, 0.25) is 5.75 Å². The van der Waals surface area contributed by atoms with Gasteiger partial charge in [-0.05, 0) is 29.9 Å². The molecule has 0 spiro atoms. The number of methoxy groups -OCH3 is 1. The summed E-state index contributed by atoms with van der Waals surface area (Å²) in [6.07, 6.45) is 1.19. The van der Waals surface area contributed by atoms with E-state index >= 15 is 0 Å². The number of thiocarbonyl (C=S) groups is 1. The number of phenols is 1. The van der Waals surface area contributed by atoms with Gasteiger partial charge in [-0.2, -0.15) is 0 Å². The maximum absolute atomic E-state index is 12.2. The molecule has 1 aromatic carbocycles. The Morgan fingerprint density at radius 3 is 2.25 bits per heavy atom. The van der Waals surface area contributed by atoms with E-state index in [1.807, 2.05) is 0 Å². The summed E-state index contributed by atoms with van der Waals surface area (Å²) in [5.41, 5.74) is -0.660. The van der Waals surface area contributed by atoms with Gasteiger partial charge in [0.1, 0.15) is 5.57 Å². The molecule has 0 atom stereocenters. The number of carbonyl (C=O) groups excluding carboxylic acids is 2. The van der Waals surface area contributed by atoms with Crippen LogP contribution in [0, 0.1) is 10.1 Å². The van der Waals surface area contributed by atoms with Crippen LogP contribution in [0.25, 0.3) is 6.08 Å². The van der Waals surface area contributed by atoms with Crippen LogP contribution in [0.2, 0.25) is 0 Å². The van der Waals surface area contributed by atoms with Crippen molar-refractivity contribution in [2.24, 2.45) is 0 Å². The molecule has 1 N–H and O–H groups in total. The molecular weight excluding hydrogens is 338 g/mol. The van der Waals surface area contributed by atoms with Crippen molar-refractivity contribution in [2.75, 3.05) is 21.2 Å². The lowest BCUT2D eigenvalue weighted by molar-refractivity contribution is -0.386. The Balaban J connectivity index is 2.60. The lowest BCUT2D eigenvalue weighted by Gasteiger charge is -2.31. The van der Waals surface area contributed by atoms with E-state index in [1.54, 1.807) is 0 Å². The first kappa shape index (κ1) is 17.3. The fourth-order valence-electron chi connectivity index (χ4n) is 2.13. The predicted molar refractivity (Wildman–Crippen MR) is 87.4 cm³/mol. The first-order valence-electron chi connectivity index (χ1n) is 6.56. The predicted octanol–water partition coefficient (Wildman–Crippen LogP) is 0.908. The average Bonchev–Trinajstić information content (AvgIpc) is 2.56. The zero-order chi connectivity index (χ0) is 18.2. The fourth-order valence-corrected chi connectivity index (χ4v) is 2.30. The molecule has 1 heterocycles. The van der Waals surface area contributed by atoms with Crippen molar-refractivity contribution in [3.63, 3.8) is 0 Å². The summed E-state index contributed by atoms with van der Waals surface area (Å²) < 4.78 is 4.88. The van der Waals surface area contributed by atoms with Gasteiger partial charge in [-0.25, -0.2) is 0 Å². The molecule has 24 heavy (non-hydrogen) atoms. The normalized spacial score (nSPS) is 15.0. The van der Waals surface area contributed by atoms with Crippen molar-refractivity contribution in [3.8, 4) is 11.5 Å². The number of nitro groups is 1. The van der Waals surface area contributed by atoms with E-state index in [0.717, 1.165) is 15.9 Å². The van der Waals surface area contributed by atoms with Gasteiger partial charge in [0, 0.05) is 20.2 Å². The Kier molecular flexibility index (Phi) is 4.51. The second-order valence-electron chi connectivity index (χ2n) is 4.92. The number of nitro benzene ring substituents is 1. The molecule has 126 valence electrons. The van der Waals surface area contributed by atoms with Crippen LogP contribution in [0.5, 0.6) is 11.5 Å². The van der Waals surface area contributed by atoms with Crippen LogP contribution >= 0.6 is 12.2 Å². The molecular formula is C14H13N3O6S. The molecule has 0 unspecified atom stereocenters. The SMILES string of the molecule is COc1cc(C=C2C(=O)N(C)C(=S)N(C)C2=O)cc([N+](=O)[O-])c1O. The number of ether oxygens (including phenoxy) is 1. The van der Waals surface area contributed by atoms with E-state index in [4.69, 9.17) is 17.0 Å². The summed E-state index contributed by atoms with van der Waals surface area (Å²) in [6.45, 7) is 0. The van der Waals surface area contributed by atoms with Gasteiger partial charge in [-0.1, -0.05) is 0 Å². The number of hydrogen-bond donors (Lipinski definition) is 1. The first-order valence-corrected chi connectivity index (χ1v) is 6.97. The fraction of sp³-hybridized carbons (Fsp3) is 0.214. The minimum atomic E-state index is -0.794. The Hall–Kier alpha value is -3.01. The van der Waals surface area contributed by atoms with Crippen LogP contribution in [0.3, 0.4) is 0 Å². The van der Waals surface area contributed by atoms with Crippen molar-refractivity contribution in [2.45, 2.75) is 0 Å². The summed E-state index contributed by atoms with van der Waals surface area (Å²) in [5, 5.41) is 20.8. The van der Waals surface area contributed by atoms with Crippen LogP contribution in [0.15, 0.2) is 17.7 Å². The number of amides is 2. The number of aromatic hydroxyl groups is 1. The monoisotopic (exact) mass is 351 g/mol. The van der Waals surface area contributed by atoms with E-state index in [1.165, 1.54) is 33.3 Å². The third kappa shape index (κ3) is 2.78. The van der Waals surface area contributed by atoms with E-state index in [2.05, 4.69) is 0 Å². The van der Waals surface area contributed by atoms with Gasteiger partial charge in [-0.3, -0.25) is 29.5 Å². The second-order valence-corrected chi connectivity index (χ2v) is 5.28. The zero-order valence-corrected chi connectivity index (χ0v) is 13.8. The standard InChI is InChI=1S/C14H13N3O6S/c1-15-12(19)8(13(20)16(2)14(15)24)4-7-5-9(17(21)22)11(18)10(6-7)23-3/h4-6,18H,1-3H3. The van der Waals surface area contributed by atoms with Crippen LogP contribution in [-0.4, -0.2) is 58.0 Å². The minimum absolute atomic E-state index is 0.0522. The highest BCUT2D eigenvalue weighted by molar-refractivity contribution is 7.80. The maximum Gasteiger partial charge on any atom is 0.315 e. The average molecular weight is 351 g/mol. The molecule has 9 nitrogen and oxygen atoms in total. The summed E-state index contributed by atoms with van der Waals surface area (Å²) in [4.78, 5) is 36.9. The molecule has 0 aliphatic carbocycles. The lowest BCUT2D eigenvalue weighted by Crippen LogP contribution is -2.52. The van der Waals surface area contributed by atoms with Crippen molar-refractivity contribution in [1.82, 2.24) is 9.80 Å². The number of rotatable bonds is 3. The van der Waals surface area contributed by atoms with Gasteiger partial charge < -0.3 is 9.84 Å². The molecule has 0 radical (unpaired) electrons. The van der Waals surface area contributed by atoms with Crippen LogP contribution in [0.1, 0.15) is 5.56 Å². The third-order valence-electron chi connectivity index (χ3n) is 3.45. The number of benzene rings is 1. The van der Waals surface area contributed by atoms with Gasteiger partial charge >= 0.3 is 5.69 Å². The molecule has 0 saturated carbocycles. The summed E-state index contributed by atoms with van der Waals surface area (Å²) in [5.74, 6) is -2.04. The Bertz CT molecular complexity index is 778. The molecule has 10 heteroatoms. The number of phenolic OH excluding ortho intramolecular Hbond substituents is 1. The Morgan fingerprint density at radius 2 is 1.79 bits per heavy atom. The second kappa shape index (κ2) is 6.24. The maximum atomic E-state index is 12.2. The molecule has 1 fully saturated rings. The van der Waals surface area contributed by atoms with E-state index in [-0.39, 0.29) is 22.0 Å². The summed E-state index contributed by atoms with van der Waals surface area (Å²) in [7, 11) is 4.06. The largest absolute Gasteiger partial charge is 0.500 e. The van der Waals surface area contributed by atoms with Crippen molar-refractivity contribution in [1.29, 1.82) is 0 Å². The molecule has 0 aromatic heterocycles. The quantitative estimate of drug-likeness (QED) is 0.283. The smallest absolute Gasteiger partial charge is 0.315 e. The van der Waals surface area contributed by atoms with Crippen LogP contribution < -0.4 is 4.74 Å². The highest BCUT2D eigenvalue weighted by Crippen LogP contribution is 2.37. The first-order chi connectivity index (χ1) is 11.2. The van der Waals surface area contributed by atoms with Gasteiger partial charge in [0.15, 0.2) is 10.9 Å². The molecule has 1 aliphatic heterocycles. The van der Waals surface area contributed by atoms with Crippen molar-refractivity contribution >= 4 is 40.9 Å².